The number of hydrogen-bond donors (Lipinski definition) is 0. The van der Waals surface area contributed by atoms with Crippen molar-refractivity contribution in [2.45, 2.75) is 12.6 Å². The molecule has 1 aliphatic heterocycles. The molecule has 0 aromatic carbocycles. The standard InChI is InChI=1S/C15H16F3N5/c16-15(17,18)12-4-1-6-19-14(12)23-9-3-8-22(10-11-23)13-5-2-7-20-21-13/h1-2,4-7H,3,8-11H2. The summed E-state index contributed by atoms with van der Waals surface area (Å²) in [4.78, 5) is 7.69. The normalized spacial score (nSPS) is 16.3. The van der Waals surface area contributed by atoms with Gasteiger partial charge in [0.2, 0.25) is 0 Å². The summed E-state index contributed by atoms with van der Waals surface area (Å²) >= 11 is 0. The second kappa shape index (κ2) is 6.39. The maximum Gasteiger partial charge on any atom is 0.419 e. The molecular formula is C15H16F3N5. The Kier molecular flexibility index (Phi) is 4.31. The molecule has 23 heavy (non-hydrogen) atoms. The minimum atomic E-state index is -4.40. The van der Waals surface area contributed by atoms with Gasteiger partial charge in [0, 0.05) is 38.6 Å². The quantitative estimate of drug-likeness (QED) is 0.850. The van der Waals surface area contributed by atoms with Crippen molar-refractivity contribution in [2.24, 2.45) is 0 Å². The molecule has 0 aliphatic carbocycles. The average Bonchev–Trinajstić information content (AvgIpc) is 2.81. The Bertz CT molecular complexity index is 647. The number of alkyl halides is 3. The molecule has 1 fully saturated rings. The summed E-state index contributed by atoms with van der Waals surface area (Å²) in [5.74, 6) is 0.743. The average molecular weight is 323 g/mol. The largest absolute Gasteiger partial charge is 0.419 e. The zero-order valence-electron chi connectivity index (χ0n) is 12.4. The topological polar surface area (TPSA) is 45.2 Å². The van der Waals surface area contributed by atoms with Gasteiger partial charge in [0.25, 0.3) is 0 Å². The van der Waals surface area contributed by atoms with Crippen LogP contribution in [0.15, 0.2) is 36.7 Å². The van der Waals surface area contributed by atoms with Gasteiger partial charge in [0.1, 0.15) is 5.82 Å². The van der Waals surface area contributed by atoms with E-state index in [9.17, 15) is 13.2 Å². The summed E-state index contributed by atoms with van der Waals surface area (Å²) in [5.41, 5.74) is -0.687. The summed E-state index contributed by atoms with van der Waals surface area (Å²) < 4.78 is 39.5. The number of halogens is 3. The van der Waals surface area contributed by atoms with Crippen LogP contribution in [0.2, 0.25) is 0 Å². The van der Waals surface area contributed by atoms with Crippen molar-refractivity contribution in [1.82, 2.24) is 15.2 Å². The molecule has 2 aromatic heterocycles. The molecule has 0 amide bonds. The van der Waals surface area contributed by atoms with Gasteiger partial charge in [-0.3, -0.25) is 0 Å². The Morgan fingerprint density at radius 3 is 2.39 bits per heavy atom. The van der Waals surface area contributed by atoms with E-state index in [2.05, 4.69) is 15.2 Å². The molecule has 0 bridgehead atoms. The minimum absolute atomic E-state index is 0.000922. The van der Waals surface area contributed by atoms with Crippen LogP contribution in [-0.2, 0) is 6.18 Å². The van der Waals surface area contributed by atoms with Gasteiger partial charge in [0.15, 0.2) is 5.82 Å². The number of anilines is 2. The fraction of sp³-hybridized carbons (Fsp3) is 0.400. The van der Waals surface area contributed by atoms with E-state index in [4.69, 9.17) is 0 Å². The molecule has 0 saturated carbocycles. The Morgan fingerprint density at radius 1 is 0.913 bits per heavy atom. The molecule has 0 N–H and O–H groups in total. The van der Waals surface area contributed by atoms with E-state index in [0.717, 1.165) is 24.8 Å². The van der Waals surface area contributed by atoms with E-state index in [1.807, 2.05) is 11.0 Å². The van der Waals surface area contributed by atoms with Crippen molar-refractivity contribution >= 4 is 11.6 Å². The highest BCUT2D eigenvalue weighted by Gasteiger charge is 2.35. The zero-order chi connectivity index (χ0) is 16.3. The summed E-state index contributed by atoms with van der Waals surface area (Å²) in [6, 6.07) is 6.04. The van der Waals surface area contributed by atoms with Gasteiger partial charge in [-0.25, -0.2) is 4.98 Å². The Hall–Kier alpha value is -2.38. The van der Waals surface area contributed by atoms with E-state index in [0.29, 0.717) is 19.6 Å². The monoisotopic (exact) mass is 323 g/mol. The van der Waals surface area contributed by atoms with Crippen LogP contribution in [0, 0.1) is 0 Å². The van der Waals surface area contributed by atoms with Gasteiger partial charge < -0.3 is 9.80 Å². The first-order valence-electron chi connectivity index (χ1n) is 7.35. The Labute approximate surface area is 131 Å². The van der Waals surface area contributed by atoms with Crippen molar-refractivity contribution < 1.29 is 13.2 Å². The Balaban J connectivity index is 1.79. The lowest BCUT2D eigenvalue weighted by Crippen LogP contribution is -2.32. The molecule has 2 aromatic rings. The number of hydrogen-bond acceptors (Lipinski definition) is 5. The zero-order valence-corrected chi connectivity index (χ0v) is 12.4. The first kappa shape index (κ1) is 15.5. The maximum atomic E-state index is 13.2. The summed E-state index contributed by atoms with van der Waals surface area (Å²) in [6.07, 6.45) is -0.683. The summed E-state index contributed by atoms with van der Waals surface area (Å²) in [6.45, 7) is 2.28. The second-order valence-corrected chi connectivity index (χ2v) is 5.28. The van der Waals surface area contributed by atoms with Gasteiger partial charge in [-0.2, -0.15) is 18.3 Å². The van der Waals surface area contributed by atoms with Crippen LogP contribution in [0.4, 0.5) is 24.8 Å². The van der Waals surface area contributed by atoms with Gasteiger partial charge in [-0.05, 0) is 30.7 Å². The summed E-state index contributed by atoms with van der Waals surface area (Å²) in [7, 11) is 0. The third-order valence-corrected chi connectivity index (χ3v) is 3.77. The highest BCUT2D eigenvalue weighted by molar-refractivity contribution is 5.49. The SMILES string of the molecule is FC(F)(F)c1cccnc1N1CCCN(c2cccnn2)CC1. The van der Waals surface area contributed by atoms with Crippen LogP contribution in [-0.4, -0.2) is 41.4 Å². The van der Waals surface area contributed by atoms with Crippen molar-refractivity contribution in [1.29, 1.82) is 0 Å². The lowest BCUT2D eigenvalue weighted by molar-refractivity contribution is -0.137. The molecule has 0 spiro atoms. The molecule has 1 saturated heterocycles. The molecular weight excluding hydrogens is 307 g/mol. The molecule has 1 aliphatic rings. The van der Waals surface area contributed by atoms with Crippen LogP contribution < -0.4 is 9.80 Å². The van der Waals surface area contributed by atoms with E-state index < -0.39 is 11.7 Å². The smallest absolute Gasteiger partial charge is 0.354 e. The number of rotatable bonds is 2. The number of aromatic nitrogens is 3. The predicted molar refractivity (Wildman–Crippen MR) is 80.3 cm³/mol. The number of pyridine rings is 1. The lowest BCUT2D eigenvalue weighted by Gasteiger charge is -2.25. The maximum absolute atomic E-state index is 13.2. The fourth-order valence-electron chi connectivity index (χ4n) is 2.69. The third-order valence-electron chi connectivity index (χ3n) is 3.77. The molecule has 3 rings (SSSR count). The van der Waals surface area contributed by atoms with Crippen molar-refractivity contribution in [3.05, 3.63) is 42.2 Å². The molecule has 0 radical (unpaired) electrons. The fourth-order valence-corrected chi connectivity index (χ4v) is 2.69. The Morgan fingerprint density at radius 2 is 1.65 bits per heavy atom. The van der Waals surface area contributed by atoms with E-state index in [1.54, 1.807) is 17.2 Å². The minimum Gasteiger partial charge on any atom is -0.354 e. The first-order chi connectivity index (χ1) is 11.1. The van der Waals surface area contributed by atoms with E-state index in [1.165, 1.54) is 12.3 Å². The van der Waals surface area contributed by atoms with Crippen molar-refractivity contribution in [3.8, 4) is 0 Å². The van der Waals surface area contributed by atoms with Crippen LogP contribution >= 0.6 is 0 Å². The molecule has 0 atom stereocenters. The molecule has 122 valence electrons. The predicted octanol–water partition coefficient (Wildman–Crippen LogP) is 2.61. The molecule has 0 unspecified atom stereocenters. The van der Waals surface area contributed by atoms with Gasteiger partial charge in [-0.15, -0.1) is 5.10 Å². The van der Waals surface area contributed by atoms with Gasteiger partial charge in [0.05, 0.1) is 5.56 Å². The lowest BCUT2D eigenvalue weighted by atomic mass is 10.2. The van der Waals surface area contributed by atoms with Crippen molar-refractivity contribution in [3.63, 3.8) is 0 Å². The highest BCUT2D eigenvalue weighted by atomic mass is 19.4. The molecule has 3 heterocycles. The third kappa shape index (κ3) is 3.52. The van der Waals surface area contributed by atoms with Gasteiger partial charge >= 0.3 is 6.18 Å². The van der Waals surface area contributed by atoms with Crippen LogP contribution in [0.5, 0.6) is 0 Å². The summed E-state index contributed by atoms with van der Waals surface area (Å²) in [5, 5.41) is 7.91. The molecule has 8 heteroatoms. The van der Waals surface area contributed by atoms with Crippen LogP contribution in [0.1, 0.15) is 12.0 Å². The van der Waals surface area contributed by atoms with E-state index >= 15 is 0 Å². The van der Waals surface area contributed by atoms with Crippen LogP contribution in [0.3, 0.4) is 0 Å². The van der Waals surface area contributed by atoms with Gasteiger partial charge in [-0.1, -0.05) is 0 Å². The first-order valence-corrected chi connectivity index (χ1v) is 7.35. The van der Waals surface area contributed by atoms with Crippen LogP contribution in [0.25, 0.3) is 0 Å². The van der Waals surface area contributed by atoms with E-state index in [-0.39, 0.29) is 5.82 Å². The molecule has 5 nitrogen and oxygen atoms in total. The second-order valence-electron chi connectivity index (χ2n) is 5.28. The number of nitrogens with zero attached hydrogens (tertiary/aromatic N) is 5. The highest BCUT2D eigenvalue weighted by Crippen LogP contribution is 2.35. The van der Waals surface area contributed by atoms with Crippen molar-refractivity contribution in [2.75, 3.05) is 36.0 Å².